The van der Waals surface area contributed by atoms with E-state index in [0.29, 0.717) is 12.1 Å². The van der Waals surface area contributed by atoms with E-state index >= 15 is 0 Å². The van der Waals surface area contributed by atoms with Crippen LogP contribution in [0.4, 0.5) is 5.69 Å². The number of para-hydroxylation sites is 1. The molecular formula is C12H19NO4S. The second kappa shape index (κ2) is 5.69. The van der Waals surface area contributed by atoms with Gasteiger partial charge in [-0.2, -0.15) is 0 Å². The van der Waals surface area contributed by atoms with E-state index in [1.54, 1.807) is 18.2 Å². The predicted octanol–water partition coefficient (Wildman–Crippen LogP) is 0.635. The second-order valence-corrected chi connectivity index (χ2v) is 6.33. The molecule has 0 aromatic heterocycles. The van der Waals surface area contributed by atoms with Crippen molar-refractivity contribution in [3.8, 4) is 0 Å². The molecule has 102 valence electrons. The maximum Gasteiger partial charge on any atom is 0.177 e. The van der Waals surface area contributed by atoms with E-state index in [-0.39, 0.29) is 18.1 Å². The normalized spacial score (nSPS) is 12.4. The van der Waals surface area contributed by atoms with Crippen LogP contribution >= 0.6 is 0 Å². The third-order valence-corrected chi connectivity index (χ3v) is 4.12. The van der Waals surface area contributed by atoms with E-state index in [4.69, 9.17) is 0 Å². The Bertz CT molecular complexity index is 486. The van der Waals surface area contributed by atoms with Gasteiger partial charge >= 0.3 is 0 Å². The standard InChI is InChI=1S/C12H19NO4S/c1-3-12(8-14,9-15)13-10-6-4-5-7-11(10)18(2,16)17/h4-7,13-15H,3,8-9H2,1-2H3. The van der Waals surface area contributed by atoms with Crippen molar-refractivity contribution in [3.05, 3.63) is 24.3 Å². The van der Waals surface area contributed by atoms with Gasteiger partial charge in [0.1, 0.15) is 0 Å². The summed E-state index contributed by atoms with van der Waals surface area (Å²) in [5.74, 6) is 0. The number of rotatable bonds is 6. The Morgan fingerprint density at radius 1 is 1.22 bits per heavy atom. The minimum absolute atomic E-state index is 0.157. The predicted molar refractivity (Wildman–Crippen MR) is 70.4 cm³/mol. The van der Waals surface area contributed by atoms with Crippen molar-refractivity contribution in [2.75, 3.05) is 24.8 Å². The van der Waals surface area contributed by atoms with Gasteiger partial charge in [0, 0.05) is 6.26 Å². The SMILES string of the molecule is CCC(CO)(CO)Nc1ccccc1S(C)(=O)=O. The van der Waals surface area contributed by atoms with Crippen LogP contribution in [0.15, 0.2) is 29.2 Å². The van der Waals surface area contributed by atoms with Crippen molar-refractivity contribution in [2.24, 2.45) is 0 Å². The molecule has 1 aromatic carbocycles. The molecule has 3 N–H and O–H groups in total. The summed E-state index contributed by atoms with van der Waals surface area (Å²) in [7, 11) is -3.36. The molecule has 0 aliphatic heterocycles. The Labute approximate surface area is 107 Å². The smallest absolute Gasteiger partial charge is 0.177 e. The number of aliphatic hydroxyl groups excluding tert-OH is 2. The number of anilines is 1. The molecular weight excluding hydrogens is 254 g/mol. The average molecular weight is 273 g/mol. The molecule has 0 unspecified atom stereocenters. The monoisotopic (exact) mass is 273 g/mol. The topological polar surface area (TPSA) is 86.6 Å². The number of nitrogens with one attached hydrogen (secondary N) is 1. The highest BCUT2D eigenvalue weighted by molar-refractivity contribution is 7.90. The maximum atomic E-state index is 11.6. The van der Waals surface area contributed by atoms with E-state index in [0.717, 1.165) is 6.26 Å². The molecule has 6 heteroatoms. The van der Waals surface area contributed by atoms with Gasteiger partial charge in [0.15, 0.2) is 9.84 Å². The summed E-state index contributed by atoms with van der Waals surface area (Å²) < 4.78 is 23.3. The Balaban J connectivity index is 3.19. The minimum Gasteiger partial charge on any atom is -0.394 e. The fraction of sp³-hybridized carbons (Fsp3) is 0.500. The fourth-order valence-electron chi connectivity index (χ4n) is 1.62. The summed E-state index contributed by atoms with van der Waals surface area (Å²) >= 11 is 0. The molecule has 0 saturated carbocycles. The minimum atomic E-state index is -3.36. The van der Waals surface area contributed by atoms with Gasteiger partial charge in [-0.25, -0.2) is 8.42 Å². The highest BCUT2D eigenvalue weighted by atomic mass is 32.2. The lowest BCUT2D eigenvalue weighted by molar-refractivity contribution is 0.132. The summed E-state index contributed by atoms with van der Waals surface area (Å²) in [6, 6.07) is 6.44. The summed E-state index contributed by atoms with van der Waals surface area (Å²) in [5.41, 5.74) is -0.522. The molecule has 0 radical (unpaired) electrons. The lowest BCUT2D eigenvalue weighted by Crippen LogP contribution is -2.45. The van der Waals surface area contributed by atoms with Crippen molar-refractivity contribution < 1.29 is 18.6 Å². The van der Waals surface area contributed by atoms with Gasteiger partial charge in [0.05, 0.1) is 29.3 Å². The van der Waals surface area contributed by atoms with Crippen molar-refractivity contribution >= 4 is 15.5 Å². The summed E-state index contributed by atoms with van der Waals surface area (Å²) in [4.78, 5) is 0.157. The van der Waals surface area contributed by atoms with Crippen LogP contribution in [0.5, 0.6) is 0 Å². The summed E-state index contributed by atoms with van der Waals surface area (Å²) in [6.07, 6.45) is 1.59. The molecule has 0 aliphatic rings. The van der Waals surface area contributed by atoms with Gasteiger partial charge in [-0.3, -0.25) is 0 Å². The lowest BCUT2D eigenvalue weighted by Gasteiger charge is -2.31. The number of sulfone groups is 1. The van der Waals surface area contributed by atoms with Crippen molar-refractivity contribution in [1.82, 2.24) is 0 Å². The van der Waals surface area contributed by atoms with E-state index < -0.39 is 15.4 Å². The molecule has 18 heavy (non-hydrogen) atoms. The first-order valence-corrected chi connectivity index (χ1v) is 7.56. The number of benzene rings is 1. The van der Waals surface area contributed by atoms with Crippen LogP contribution < -0.4 is 5.32 Å². The molecule has 0 spiro atoms. The molecule has 0 heterocycles. The van der Waals surface area contributed by atoms with Crippen LogP contribution in [0.2, 0.25) is 0 Å². The lowest BCUT2D eigenvalue weighted by atomic mass is 9.98. The first kappa shape index (κ1) is 14.9. The zero-order valence-corrected chi connectivity index (χ0v) is 11.4. The maximum absolute atomic E-state index is 11.6. The van der Waals surface area contributed by atoms with Crippen LogP contribution in [0.25, 0.3) is 0 Å². The van der Waals surface area contributed by atoms with Crippen LogP contribution in [0.3, 0.4) is 0 Å². The van der Waals surface area contributed by atoms with E-state index in [1.807, 2.05) is 6.92 Å². The van der Waals surface area contributed by atoms with Crippen molar-refractivity contribution in [2.45, 2.75) is 23.8 Å². The molecule has 0 aliphatic carbocycles. The van der Waals surface area contributed by atoms with Gasteiger partial charge in [-0.05, 0) is 18.6 Å². The van der Waals surface area contributed by atoms with Crippen molar-refractivity contribution in [3.63, 3.8) is 0 Å². The quantitative estimate of drug-likeness (QED) is 0.708. The molecule has 0 bridgehead atoms. The molecule has 5 nitrogen and oxygen atoms in total. The molecule has 1 rings (SSSR count). The summed E-state index contributed by atoms with van der Waals surface area (Å²) in [5, 5.41) is 21.7. The molecule has 0 saturated heterocycles. The zero-order valence-electron chi connectivity index (χ0n) is 10.5. The van der Waals surface area contributed by atoms with E-state index in [1.165, 1.54) is 6.07 Å². The number of aliphatic hydroxyl groups is 2. The van der Waals surface area contributed by atoms with Crippen LogP contribution in [0, 0.1) is 0 Å². The van der Waals surface area contributed by atoms with Crippen LogP contribution in [0.1, 0.15) is 13.3 Å². The van der Waals surface area contributed by atoms with Gasteiger partial charge in [-0.1, -0.05) is 19.1 Å². The van der Waals surface area contributed by atoms with E-state index in [2.05, 4.69) is 5.32 Å². The fourth-order valence-corrected chi connectivity index (χ4v) is 2.46. The second-order valence-electron chi connectivity index (χ2n) is 4.34. The molecule has 0 amide bonds. The molecule has 1 aromatic rings. The highest BCUT2D eigenvalue weighted by Crippen LogP contribution is 2.25. The van der Waals surface area contributed by atoms with Gasteiger partial charge in [0.2, 0.25) is 0 Å². The van der Waals surface area contributed by atoms with Gasteiger partial charge < -0.3 is 15.5 Å². The largest absolute Gasteiger partial charge is 0.394 e. The average Bonchev–Trinajstić information content (AvgIpc) is 2.35. The van der Waals surface area contributed by atoms with Crippen LogP contribution in [-0.2, 0) is 9.84 Å². The highest BCUT2D eigenvalue weighted by Gasteiger charge is 2.28. The van der Waals surface area contributed by atoms with Crippen LogP contribution in [-0.4, -0.2) is 43.6 Å². The van der Waals surface area contributed by atoms with E-state index in [9.17, 15) is 18.6 Å². The Kier molecular flexibility index (Phi) is 4.72. The van der Waals surface area contributed by atoms with Gasteiger partial charge in [-0.15, -0.1) is 0 Å². The molecule has 0 atom stereocenters. The van der Waals surface area contributed by atoms with Crippen molar-refractivity contribution in [1.29, 1.82) is 0 Å². The Hall–Kier alpha value is -1.11. The Morgan fingerprint density at radius 2 is 1.78 bits per heavy atom. The Morgan fingerprint density at radius 3 is 2.22 bits per heavy atom. The third-order valence-electron chi connectivity index (χ3n) is 2.97. The first-order valence-electron chi connectivity index (χ1n) is 5.67. The zero-order chi connectivity index (χ0) is 13.8. The molecule has 0 fully saturated rings. The summed E-state index contributed by atoms with van der Waals surface area (Å²) in [6.45, 7) is 1.25. The first-order chi connectivity index (χ1) is 8.38. The number of hydrogen-bond acceptors (Lipinski definition) is 5. The van der Waals surface area contributed by atoms with Gasteiger partial charge in [0.25, 0.3) is 0 Å². The number of hydrogen-bond donors (Lipinski definition) is 3. The third kappa shape index (κ3) is 3.22.